The van der Waals surface area contributed by atoms with Gasteiger partial charge in [-0.1, -0.05) is 60.7 Å². The summed E-state index contributed by atoms with van der Waals surface area (Å²) in [6.07, 6.45) is -0.733. The number of hydrogen-bond donors (Lipinski definition) is 1. The van der Waals surface area contributed by atoms with Crippen molar-refractivity contribution in [2.45, 2.75) is 6.61 Å². The normalized spacial score (nSPS) is 10.9. The predicted octanol–water partition coefficient (Wildman–Crippen LogP) is 2.74. The molecule has 0 saturated heterocycles. The van der Waals surface area contributed by atoms with Gasteiger partial charge in [-0.3, -0.25) is 0 Å². The van der Waals surface area contributed by atoms with E-state index in [0.717, 1.165) is 10.6 Å². The highest BCUT2D eigenvalue weighted by Crippen LogP contribution is 2.06. The largest absolute Gasteiger partial charge is 0.476 e. The van der Waals surface area contributed by atoms with E-state index in [4.69, 9.17) is 4.74 Å². The van der Waals surface area contributed by atoms with Gasteiger partial charge < -0.3 is 9.84 Å². The van der Waals surface area contributed by atoms with Crippen LogP contribution in [0.25, 0.3) is 0 Å². The fourth-order valence-electron chi connectivity index (χ4n) is 1.82. The Morgan fingerprint density at radius 2 is 1.61 bits per heavy atom. The van der Waals surface area contributed by atoms with Gasteiger partial charge >= 0.3 is 12.1 Å². The molecule has 0 atom stereocenters. The molecule has 2 rings (SSSR count). The molecule has 1 N–H and O–H groups in total. The average molecular weight is 312 g/mol. The number of ether oxygens (including phenoxy) is 1. The number of hydrazone groups is 1. The molecule has 0 aliphatic rings. The van der Waals surface area contributed by atoms with E-state index in [9.17, 15) is 14.7 Å². The third-order valence-corrected chi connectivity index (χ3v) is 2.97. The second-order valence-corrected chi connectivity index (χ2v) is 4.68. The van der Waals surface area contributed by atoms with E-state index >= 15 is 0 Å². The summed E-state index contributed by atoms with van der Waals surface area (Å²) < 4.78 is 5.09. The van der Waals surface area contributed by atoms with Gasteiger partial charge in [-0.25, -0.2) is 14.6 Å². The molecular weight excluding hydrogens is 296 g/mol. The van der Waals surface area contributed by atoms with E-state index in [1.54, 1.807) is 30.3 Å². The summed E-state index contributed by atoms with van der Waals surface area (Å²) in [6, 6.07) is 17.6. The monoisotopic (exact) mass is 312 g/mol. The summed E-state index contributed by atoms with van der Waals surface area (Å²) in [5.74, 6) is -1.22. The summed E-state index contributed by atoms with van der Waals surface area (Å²) in [7, 11) is 1.35. The lowest BCUT2D eigenvalue weighted by Gasteiger charge is -2.13. The fraction of sp³-hybridized carbons (Fsp3) is 0.118. The molecule has 0 aliphatic carbocycles. The van der Waals surface area contributed by atoms with Gasteiger partial charge in [0.05, 0.1) is 0 Å². The van der Waals surface area contributed by atoms with Crippen molar-refractivity contribution < 1.29 is 19.4 Å². The first kappa shape index (κ1) is 16.2. The molecule has 2 aromatic rings. The molecule has 0 spiro atoms. The van der Waals surface area contributed by atoms with Crippen molar-refractivity contribution >= 4 is 17.8 Å². The van der Waals surface area contributed by atoms with E-state index in [1.807, 2.05) is 30.3 Å². The maximum atomic E-state index is 11.9. The Bertz CT molecular complexity index is 699. The Hall–Kier alpha value is -3.15. The molecule has 1 amide bonds. The number of carbonyl (C=O) groups excluding carboxylic acids is 1. The molecule has 6 heteroatoms. The number of nitrogens with zero attached hydrogens (tertiary/aromatic N) is 2. The lowest BCUT2D eigenvalue weighted by molar-refractivity contribution is -0.129. The highest BCUT2D eigenvalue weighted by Gasteiger charge is 2.17. The maximum absolute atomic E-state index is 11.9. The zero-order valence-electron chi connectivity index (χ0n) is 12.5. The van der Waals surface area contributed by atoms with Gasteiger partial charge in [0.2, 0.25) is 0 Å². The summed E-state index contributed by atoms with van der Waals surface area (Å²) in [6.45, 7) is 0.0906. The summed E-state index contributed by atoms with van der Waals surface area (Å²) in [5, 5.41) is 14.0. The quantitative estimate of drug-likeness (QED) is 0.680. The third kappa shape index (κ3) is 4.67. The van der Waals surface area contributed by atoms with E-state index in [1.165, 1.54) is 7.05 Å². The highest BCUT2D eigenvalue weighted by molar-refractivity contribution is 6.42. The molecule has 2 aromatic carbocycles. The number of carbonyl (C=O) groups is 2. The third-order valence-electron chi connectivity index (χ3n) is 2.97. The van der Waals surface area contributed by atoms with Crippen LogP contribution in [-0.2, 0) is 16.1 Å². The van der Waals surface area contributed by atoms with Crippen molar-refractivity contribution in [3.05, 3.63) is 71.8 Å². The Balaban J connectivity index is 2.06. The second kappa shape index (κ2) is 7.74. The van der Waals surface area contributed by atoms with Gasteiger partial charge in [-0.2, -0.15) is 5.10 Å². The first-order valence-electron chi connectivity index (χ1n) is 6.89. The molecule has 0 saturated carbocycles. The first-order chi connectivity index (χ1) is 11.1. The van der Waals surface area contributed by atoms with Crippen LogP contribution >= 0.6 is 0 Å². The van der Waals surface area contributed by atoms with Crippen LogP contribution in [0.2, 0.25) is 0 Å². The molecule has 118 valence electrons. The number of carboxylic acids is 1. The van der Waals surface area contributed by atoms with E-state index in [-0.39, 0.29) is 12.3 Å². The van der Waals surface area contributed by atoms with Gasteiger partial charge in [0.15, 0.2) is 5.71 Å². The topological polar surface area (TPSA) is 79.2 Å². The van der Waals surface area contributed by atoms with Crippen LogP contribution in [0, 0.1) is 0 Å². The van der Waals surface area contributed by atoms with Crippen LogP contribution in [0.3, 0.4) is 0 Å². The van der Waals surface area contributed by atoms with Gasteiger partial charge in [0.25, 0.3) is 0 Å². The molecule has 0 bridgehead atoms. The number of aliphatic carboxylic acids is 1. The lowest BCUT2D eigenvalue weighted by atomic mass is 10.1. The van der Waals surface area contributed by atoms with Crippen LogP contribution in [0.5, 0.6) is 0 Å². The number of amides is 1. The minimum Gasteiger partial charge on any atom is -0.476 e. The Labute approximate surface area is 133 Å². The molecule has 0 heterocycles. The van der Waals surface area contributed by atoms with Crippen LogP contribution in [0.15, 0.2) is 65.8 Å². The Kier molecular flexibility index (Phi) is 5.46. The molecular formula is C17H16N2O4. The van der Waals surface area contributed by atoms with Crippen molar-refractivity contribution in [3.63, 3.8) is 0 Å². The summed E-state index contributed by atoms with van der Waals surface area (Å²) in [5.41, 5.74) is 1.01. The van der Waals surface area contributed by atoms with Gasteiger partial charge in [0.1, 0.15) is 6.61 Å². The van der Waals surface area contributed by atoms with E-state index in [0.29, 0.717) is 5.56 Å². The summed E-state index contributed by atoms with van der Waals surface area (Å²) in [4.78, 5) is 23.2. The number of rotatable bonds is 5. The van der Waals surface area contributed by atoms with Crippen molar-refractivity contribution in [3.8, 4) is 0 Å². The fourth-order valence-corrected chi connectivity index (χ4v) is 1.82. The zero-order chi connectivity index (χ0) is 16.7. The molecule has 0 unspecified atom stereocenters. The summed E-state index contributed by atoms with van der Waals surface area (Å²) >= 11 is 0. The van der Waals surface area contributed by atoms with Crippen molar-refractivity contribution in [2.24, 2.45) is 5.10 Å². The van der Waals surface area contributed by atoms with Crippen LogP contribution in [0.4, 0.5) is 4.79 Å². The van der Waals surface area contributed by atoms with Crippen LogP contribution in [-0.4, -0.2) is 34.9 Å². The Morgan fingerprint density at radius 1 is 1.04 bits per heavy atom. The molecule has 6 nitrogen and oxygen atoms in total. The van der Waals surface area contributed by atoms with E-state index < -0.39 is 12.1 Å². The molecule has 23 heavy (non-hydrogen) atoms. The number of hydrogen-bond acceptors (Lipinski definition) is 4. The smallest absolute Gasteiger partial charge is 0.430 e. The van der Waals surface area contributed by atoms with Crippen molar-refractivity contribution in [1.29, 1.82) is 0 Å². The van der Waals surface area contributed by atoms with Crippen LogP contribution < -0.4 is 0 Å². The van der Waals surface area contributed by atoms with Gasteiger partial charge in [-0.05, 0) is 5.56 Å². The predicted molar refractivity (Wildman–Crippen MR) is 85.0 cm³/mol. The average Bonchev–Trinajstić information content (AvgIpc) is 2.58. The Morgan fingerprint density at radius 3 is 2.17 bits per heavy atom. The van der Waals surface area contributed by atoms with Gasteiger partial charge in [0, 0.05) is 12.6 Å². The number of benzene rings is 2. The zero-order valence-corrected chi connectivity index (χ0v) is 12.5. The minimum absolute atomic E-state index is 0.0906. The SMILES string of the molecule is CN(N=C(C(=O)O)c1ccccc1)C(=O)OCc1ccccc1. The minimum atomic E-state index is -1.22. The van der Waals surface area contributed by atoms with Crippen molar-refractivity contribution in [2.75, 3.05) is 7.05 Å². The molecule has 0 aliphatic heterocycles. The van der Waals surface area contributed by atoms with E-state index in [2.05, 4.69) is 5.10 Å². The lowest BCUT2D eigenvalue weighted by Crippen LogP contribution is -2.26. The van der Waals surface area contributed by atoms with Gasteiger partial charge in [-0.15, -0.1) is 0 Å². The molecule has 0 radical (unpaired) electrons. The molecule has 0 fully saturated rings. The highest BCUT2D eigenvalue weighted by atomic mass is 16.6. The van der Waals surface area contributed by atoms with Crippen molar-refractivity contribution in [1.82, 2.24) is 5.01 Å². The van der Waals surface area contributed by atoms with Crippen LogP contribution in [0.1, 0.15) is 11.1 Å². The number of carboxylic acid groups (broad SMARTS) is 1. The molecule has 0 aromatic heterocycles. The first-order valence-corrected chi connectivity index (χ1v) is 6.89. The second-order valence-electron chi connectivity index (χ2n) is 4.68. The standard InChI is InChI=1S/C17H16N2O4/c1-19(17(22)23-12-13-8-4-2-5-9-13)18-15(16(20)21)14-10-6-3-7-11-14/h2-11H,12H2,1H3,(H,20,21). The maximum Gasteiger partial charge on any atom is 0.430 e.